The number of benzene rings is 1. The van der Waals surface area contributed by atoms with Gasteiger partial charge < -0.3 is 26.4 Å². The van der Waals surface area contributed by atoms with E-state index >= 15 is 0 Å². The number of nitrogen functional groups attached to an aromatic ring is 2. The maximum absolute atomic E-state index is 11.2. The number of methoxy groups -OCH3 is 1. The van der Waals surface area contributed by atoms with Crippen molar-refractivity contribution in [2.75, 3.05) is 25.2 Å². The van der Waals surface area contributed by atoms with Crippen molar-refractivity contribution in [1.29, 1.82) is 0 Å². The minimum Gasteiger partial charge on any atom is -0.390 e. The first kappa shape index (κ1) is 23.0. The summed E-state index contributed by atoms with van der Waals surface area (Å²) in [4.78, 5) is 8.50. The second-order valence-electron chi connectivity index (χ2n) is 9.12. The van der Waals surface area contributed by atoms with Gasteiger partial charge >= 0.3 is 0 Å². The maximum atomic E-state index is 11.2. The highest BCUT2D eigenvalue weighted by molar-refractivity contribution is 9.10. The third-order valence-corrected chi connectivity index (χ3v) is 7.72. The summed E-state index contributed by atoms with van der Waals surface area (Å²) in [6.45, 7) is 0.327. The molecule has 0 amide bonds. The molecular formula is C24H27BrN6O3. The predicted octanol–water partition coefficient (Wildman–Crippen LogP) is 2.68. The Morgan fingerprint density at radius 1 is 1.18 bits per heavy atom. The van der Waals surface area contributed by atoms with E-state index in [1.165, 1.54) is 6.33 Å². The molecule has 0 unspecified atom stereocenters. The molecule has 0 bridgehead atoms. The molecule has 1 fully saturated rings. The first-order valence-corrected chi connectivity index (χ1v) is 11.9. The van der Waals surface area contributed by atoms with Gasteiger partial charge in [-0.05, 0) is 65.0 Å². The number of aromatic nitrogens is 4. The van der Waals surface area contributed by atoms with Gasteiger partial charge in [-0.15, -0.1) is 0 Å². The Morgan fingerprint density at radius 3 is 2.79 bits per heavy atom. The number of nitrogens with two attached hydrogens (primary N) is 2. The van der Waals surface area contributed by atoms with Crippen LogP contribution in [0.1, 0.15) is 30.0 Å². The van der Waals surface area contributed by atoms with Gasteiger partial charge in [0.05, 0.1) is 28.8 Å². The number of pyridine rings is 1. The van der Waals surface area contributed by atoms with Gasteiger partial charge in [-0.1, -0.05) is 12.1 Å². The molecule has 1 saturated carbocycles. The number of aliphatic hydroxyl groups is 2. The zero-order valence-corrected chi connectivity index (χ0v) is 20.3. The fraction of sp³-hybridized carbons (Fsp3) is 0.375. The number of ether oxygens (including phenoxy) is 1. The Morgan fingerprint density at radius 2 is 2.00 bits per heavy atom. The molecule has 5 rings (SSSR count). The van der Waals surface area contributed by atoms with Gasteiger partial charge in [-0.25, -0.2) is 14.5 Å². The number of aryl methyl sites for hydroxylation is 1. The van der Waals surface area contributed by atoms with E-state index in [0.717, 1.165) is 26.6 Å². The molecule has 10 heteroatoms. The molecule has 9 nitrogen and oxygen atoms in total. The number of rotatable bonds is 6. The number of aliphatic hydroxyl groups excluding tert-OH is 2. The van der Waals surface area contributed by atoms with Crippen LogP contribution in [0.25, 0.3) is 16.4 Å². The minimum absolute atomic E-state index is 0.322. The van der Waals surface area contributed by atoms with Crippen LogP contribution in [0, 0.1) is 5.41 Å². The summed E-state index contributed by atoms with van der Waals surface area (Å²) in [5.41, 5.74) is 14.7. The molecule has 4 atom stereocenters. The molecule has 6 N–H and O–H groups in total. The first-order chi connectivity index (χ1) is 16.3. The highest BCUT2D eigenvalue weighted by atomic mass is 79.9. The van der Waals surface area contributed by atoms with E-state index < -0.39 is 17.6 Å². The molecule has 1 aliphatic rings. The Kier molecular flexibility index (Phi) is 5.93. The Hall–Kier alpha value is -2.79. The molecule has 0 radical (unpaired) electrons. The molecule has 0 spiro atoms. The summed E-state index contributed by atoms with van der Waals surface area (Å²) in [6.07, 6.45) is 1.35. The van der Waals surface area contributed by atoms with Crippen molar-refractivity contribution in [2.24, 2.45) is 5.41 Å². The minimum atomic E-state index is -0.958. The number of hydrogen-bond acceptors (Lipinski definition) is 8. The van der Waals surface area contributed by atoms with E-state index in [1.807, 2.05) is 30.3 Å². The van der Waals surface area contributed by atoms with Crippen LogP contribution in [0.2, 0.25) is 0 Å². The van der Waals surface area contributed by atoms with Gasteiger partial charge in [0, 0.05) is 29.5 Å². The first-order valence-electron chi connectivity index (χ1n) is 11.1. The Balaban J connectivity index is 1.43. The Bertz CT molecular complexity index is 1360. The molecule has 1 aromatic carbocycles. The molecule has 3 aromatic heterocycles. The molecule has 178 valence electrons. The normalized spacial score (nSPS) is 24.9. The van der Waals surface area contributed by atoms with Crippen LogP contribution in [0.3, 0.4) is 0 Å². The van der Waals surface area contributed by atoms with Gasteiger partial charge in [0.25, 0.3) is 0 Å². The second kappa shape index (κ2) is 8.77. The summed E-state index contributed by atoms with van der Waals surface area (Å²) in [7, 11) is 1.62. The zero-order chi connectivity index (χ0) is 24.0. The van der Waals surface area contributed by atoms with Crippen LogP contribution < -0.4 is 11.5 Å². The van der Waals surface area contributed by atoms with Crippen molar-refractivity contribution in [2.45, 2.75) is 37.4 Å². The van der Waals surface area contributed by atoms with Crippen molar-refractivity contribution < 1.29 is 14.9 Å². The lowest BCUT2D eigenvalue weighted by molar-refractivity contribution is -0.0585. The zero-order valence-electron chi connectivity index (χ0n) is 18.7. The van der Waals surface area contributed by atoms with E-state index in [4.69, 9.17) is 16.2 Å². The van der Waals surface area contributed by atoms with Gasteiger partial charge in [-0.2, -0.15) is 5.10 Å². The molecule has 4 aromatic rings. The van der Waals surface area contributed by atoms with E-state index in [9.17, 15) is 10.2 Å². The van der Waals surface area contributed by atoms with Crippen LogP contribution in [0.5, 0.6) is 0 Å². The number of nitrogens with zero attached hydrogens (tertiary/aromatic N) is 4. The molecule has 0 saturated heterocycles. The lowest BCUT2D eigenvalue weighted by Crippen LogP contribution is -2.40. The third-order valence-electron chi connectivity index (χ3n) is 7.09. The fourth-order valence-electron chi connectivity index (χ4n) is 5.30. The molecule has 1 aliphatic carbocycles. The van der Waals surface area contributed by atoms with Gasteiger partial charge in [0.2, 0.25) is 0 Å². The van der Waals surface area contributed by atoms with E-state index in [2.05, 4.69) is 37.1 Å². The smallest absolute Gasteiger partial charge is 0.151 e. The van der Waals surface area contributed by atoms with Crippen molar-refractivity contribution in [3.05, 3.63) is 58.5 Å². The van der Waals surface area contributed by atoms with E-state index in [-0.39, 0.29) is 5.92 Å². The average Bonchev–Trinajstić information content (AvgIpc) is 3.35. The lowest BCUT2D eigenvalue weighted by atomic mass is 9.78. The van der Waals surface area contributed by atoms with E-state index in [1.54, 1.807) is 11.6 Å². The van der Waals surface area contributed by atoms with Gasteiger partial charge in [0.1, 0.15) is 17.7 Å². The average molecular weight is 527 g/mol. The summed E-state index contributed by atoms with van der Waals surface area (Å²) < 4.78 is 8.02. The highest BCUT2D eigenvalue weighted by Crippen LogP contribution is 2.50. The number of halogens is 1. The fourth-order valence-corrected chi connectivity index (χ4v) is 5.63. The van der Waals surface area contributed by atoms with Crippen molar-refractivity contribution in [3.63, 3.8) is 0 Å². The highest BCUT2D eigenvalue weighted by Gasteiger charge is 2.53. The quantitative estimate of drug-likeness (QED) is 0.300. The SMILES string of the molecule is COC[C@]1(CCc2ccc3cc(Br)c(N)nc3c2)C[C@@H](c2ccc3c(N)ncnn23)[C@H](O)[C@@H]1O. The lowest BCUT2D eigenvalue weighted by Gasteiger charge is -2.32. The monoisotopic (exact) mass is 526 g/mol. The third kappa shape index (κ3) is 3.80. The number of anilines is 2. The maximum Gasteiger partial charge on any atom is 0.151 e. The summed E-state index contributed by atoms with van der Waals surface area (Å²) in [5, 5.41) is 27.6. The topological polar surface area (TPSA) is 145 Å². The van der Waals surface area contributed by atoms with Crippen LogP contribution in [-0.4, -0.2) is 55.7 Å². The molecule has 3 heterocycles. The van der Waals surface area contributed by atoms with Crippen LogP contribution in [-0.2, 0) is 11.2 Å². The van der Waals surface area contributed by atoms with Crippen LogP contribution in [0.4, 0.5) is 11.6 Å². The molecular weight excluding hydrogens is 500 g/mol. The molecule has 0 aliphatic heterocycles. The predicted molar refractivity (Wildman–Crippen MR) is 133 cm³/mol. The van der Waals surface area contributed by atoms with Crippen molar-refractivity contribution >= 4 is 44.0 Å². The summed E-state index contributed by atoms with van der Waals surface area (Å²) >= 11 is 3.42. The number of fused-ring (bicyclic) bond motifs is 2. The van der Waals surface area contributed by atoms with Crippen LogP contribution in [0.15, 0.2) is 47.2 Å². The van der Waals surface area contributed by atoms with Crippen molar-refractivity contribution in [3.8, 4) is 0 Å². The standard InChI is InChI=1S/C24H27BrN6O3/c1-34-11-24(7-6-13-2-3-14-9-16(25)22(26)30-17(14)8-13)10-15(20(32)21(24)33)18-4-5-19-23(27)28-12-29-31(18)19/h2-5,8-9,12,15,20-21,32-33H,6-7,10-11H2,1H3,(H2,26,30)(H2,27,28,29)/t15-,20-,21-,24-/m0/s1. The van der Waals surface area contributed by atoms with E-state index in [0.29, 0.717) is 43.0 Å². The van der Waals surface area contributed by atoms with Gasteiger partial charge in [0.15, 0.2) is 5.82 Å². The summed E-state index contributed by atoms with van der Waals surface area (Å²) in [5.74, 6) is 0.494. The van der Waals surface area contributed by atoms with Crippen molar-refractivity contribution in [1.82, 2.24) is 19.6 Å². The number of hydrogen-bond donors (Lipinski definition) is 4. The van der Waals surface area contributed by atoms with Gasteiger partial charge in [-0.3, -0.25) is 0 Å². The summed E-state index contributed by atoms with van der Waals surface area (Å²) in [6, 6.07) is 11.8. The van der Waals surface area contributed by atoms with Crippen LogP contribution >= 0.6 is 15.9 Å². The second-order valence-corrected chi connectivity index (χ2v) is 9.98. The Labute approximate surface area is 204 Å². The largest absolute Gasteiger partial charge is 0.390 e. The molecule has 34 heavy (non-hydrogen) atoms.